The molecule has 0 spiro atoms. The van der Waals surface area contributed by atoms with Crippen molar-refractivity contribution >= 4 is 0 Å². The zero-order valence-corrected chi connectivity index (χ0v) is 14.7. The minimum Gasteiger partial charge on any atom is -0.294 e. The smallest absolute Gasteiger partial charge is 0.0461 e. The lowest BCUT2D eigenvalue weighted by atomic mass is 9.80. The molecule has 2 heterocycles. The fraction of sp³-hybridized carbons (Fsp3) is 0.476. The Morgan fingerprint density at radius 2 is 1.96 bits per heavy atom. The molecule has 0 aliphatic carbocycles. The number of rotatable bonds is 5. The second kappa shape index (κ2) is 6.84. The van der Waals surface area contributed by atoms with Crippen molar-refractivity contribution in [2.75, 3.05) is 6.54 Å². The van der Waals surface area contributed by atoms with Gasteiger partial charge in [0.25, 0.3) is 0 Å². The average molecular weight is 308 g/mol. The number of nitrogens with zero attached hydrogens (tertiary/aromatic N) is 2. The second-order valence-corrected chi connectivity index (χ2v) is 7.41. The van der Waals surface area contributed by atoms with E-state index < -0.39 is 0 Å². The van der Waals surface area contributed by atoms with E-state index in [1.807, 2.05) is 0 Å². The molecule has 1 aliphatic heterocycles. The summed E-state index contributed by atoms with van der Waals surface area (Å²) in [5.74, 6) is 0. The van der Waals surface area contributed by atoms with Crippen molar-refractivity contribution in [2.24, 2.45) is 0 Å². The van der Waals surface area contributed by atoms with Gasteiger partial charge in [0.15, 0.2) is 0 Å². The summed E-state index contributed by atoms with van der Waals surface area (Å²) in [7, 11) is 0. The molecule has 23 heavy (non-hydrogen) atoms. The van der Waals surface area contributed by atoms with E-state index in [1.54, 1.807) is 0 Å². The highest BCUT2D eigenvalue weighted by molar-refractivity contribution is 5.31. The Hall–Kier alpha value is -1.67. The first-order valence-electron chi connectivity index (χ1n) is 8.83. The summed E-state index contributed by atoms with van der Waals surface area (Å²) in [4.78, 5) is 7.32. The van der Waals surface area contributed by atoms with Crippen LogP contribution in [0.1, 0.15) is 56.0 Å². The SMILES string of the molecule is CCCC(C)(C)c1cnc2c(c1)CN(Cc1ccccc1)CC2. The molecule has 0 fully saturated rings. The number of hydrogen-bond acceptors (Lipinski definition) is 2. The monoisotopic (exact) mass is 308 g/mol. The second-order valence-electron chi connectivity index (χ2n) is 7.41. The van der Waals surface area contributed by atoms with Gasteiger partial charge in [0.1, 0.15) is 0 Å². The highest BCUT2D eigenvalue weighted by Crippen LogP contribution is 2.30. The van der Waals surface area contributed by atoms with Gasteiger partial charge in [-0.2, -0.15) is 0 Å². The molecule has 0 radical (unpaired) electrons. The molecule has 2 aromatic rings. The molecule has 1 aromatic carbocycles. The third-order valence-corrected chi connectivity index (χ3v) is 5.02. The van der Waals surface area contributed by atoms with Crippen LogP contribution in [-0.4, -0.2) is 16.4 Å². The molecule has 1 aliphatic rings. The largest absolute Gasteiger partial charge is 0.294 e. The summed E-state index contributed by atoms with van der Waals surface area (Å²) in [5.41, 5.74) is 5.73. The Bertz CT molecular complexity index is 646. The van der Waals surface area contributed by atoms with Gasteiger partial charge in [-0.25, -0.2) is 0 Å². The maximum Gasteiger partial charge on any atom is 0.0461 e. The molecule has 0 bridgehead atoms. The molecule has 122 valence electrons. The first kappa shape index (κ1) is 16.2. The summed E-state index contributed by atoms with van der Waals surface area (Å²) >= 11 is 0. The Morgan fingerprint density at radius 1 is 1.17 bits per heavy atom. The molecular weight excluding hydrogens is 280 g/mol. The lowest BCUT2D eigenvalue weighted by Gasteiger charge is -2.31. The van der Waals surface area contributed by atoms with Crippen LogP contribution in [0.25, 0.3) is 0 Å². The Balaban J connectivity index is 1.76. The van der Waals surface area contributed by atoms with Gasteiger partial charge < -0.3 is 0 Å². The number of fused-ring (bicyclic) bond motifs is 1. The fourth-order valence-electron chi connectivity index (χ4n) is 3.60. The third-order valence-electron chi connectivity index (χ3n) is 5.02. The zero-order valence-electron chi connectivity index (χ0n) is 14.7. The van der Waals surface area contributed by atoms with Crippen LogP contribution in [0.3, 0.4) is 0 Å². The topological polar surface area (TPSA) is 16.1 Å². The van der Waals surface area contributed by atoms with E-state index in [0.29, 0.717) is 0 Å². The molecule has 0 atom stereocenters. The molecule has 0 saturated heterocycles. The number of benzene rings is 1. The predicted molar refractivity (Wildman–Crippen MR) is 96.4 cm³/mol. The normalized spacial score (nSPS) is 15.4. The molecular formula is C21H28N2. The van der Waals surface area contributed by atoms with Gasteiger partial charge in [-0.05, 0) is 28.5 Å². The van der Waals surface area contributed by atoms with Crippen LogP contribution in [0.4, 0.5) is 0 Å². The van der Waals surface area contributed by atoms with E-state index in [1.165, 1.54) is 35.2 Å². The molecule has 0 amide bonds. The lowest BCUT2D eigenvalue weighted by molar-refractivity contribution is 0.243. The van der Waals surface area contributed by atoms with Crippen molar-refractivity contribution in [1.82, 2.24) is 9.88 Å². The average Bonchev–Trinajstić information content (AvgIpc) is 2.55. The highest BCUT2D eigenvalue weighted by Gasteiger charge is 2.23. The van der Waals surface area contributed by atoms with Gasteiger partial charge in [-0.15, -0.1) is 0 Å². The van der Waals surface area contributed by atoms with Crippen molar-refractivity contribution in [1.29, 1.82) is 0 Å². The lowest BCUT2D eigenvalue weighted by Crippen LogP contribution is -2.31. The minimum atomic E-state index is 0.221. The van der Waals surface area contributed by atoms with E-state index in [2.05, 4.69) is 68.3 Å². The first-order valence-corrected chi connectivity index (χ1v) is 8.83. The van der Waals surface area contributed by atoms with Gasteiger partial charge in [0, 0.05) is 37.9 Å². The Labute approximate surface area is 140 Å². The molecule has 2 heteroatoms. The van der Waals surface area contributed by atoms with Crippen LogP contribution >= 0.6 is 0 Å². The number of hydrogen-bond donors (Lipinski definition) is 0. The van der Waals surface area contributed by atoms with E-state index in [-0.39, 0.29) is 5.41 Å². The summed E-state index contributed by atoms with van der Waals surface area (Å²) < 4.78 is 0. The Morgan fingerprint density at radius 3 is 2.70 bits per heavy atom. The van der Waals surface area contributed by atoms with Gasteiger partial charge in [-0.3, -0.25) is 9.88 Å². The predicted octanol–water partition coefficient (Wildman–Crippen LogP) is 4.72. The summed E-state index contributed by atoms with van der Waals surface area (Å²) in [6, 6.07) is 13.2. The van der Waals surface area contributed by atoms with Crippen molar-refractivity contribution < 1.29 is 0 Å². The van der Waals surface area contributed by atoms with E-state index in [0.717, 1.165) is 26.1 Å². The van der Waals surface area contributed by atoms with E-state index >= 15 is 0 Å². The number of pyridine rings is 1. The maximum atomic E-state index is 4.78. The van der Waals surface area contributed by atoms with Crippen LogP contribution in [-0.2, 0) is 24.9 Å². The minimum absolute atomic E-state index is 0.221. The van der Waals surface area contributed by atoms with Gasteiger partial charge in [0.05, 0.1) is 0 Å². The number of aromatic nitrogens is 1. The van der Waals surface area contributed by atoms with Crippen LogP contribution in [0, 0.1) is 0 Å². The van der Waals surface area contributed by atoms with Gasteiger partial charge in [0.2, 0.25) is 0 Å². The molecule has 0 saturated carbocycles. The summed E-state index contributed by atoms with van der Waals surface area (Å²) in [6.45, 7) is 10.1. The zero-order chi connectivity index (χ0) is 16.3. The van der Waals surface area contributed by atoms with E-state index in [4.69, 9.17) is 4.98 Å². The quantitative estimate of drug-likeness (QED) is 0.794. The molecule has 2 nitrogen and oxygen atoms in total. The maximum absolute atomic E-state index is 4.78. The van der Waals surface area contributed by atoms with Crippen LogP contribution in [0.15, 0.2) is 42.6 Å². The van der Waals surface area contributed by atoms with Crippen molar-refractivity contribution in [3.05, 3.63) is 65.0 Å². The summed E-state index contributed by atoms with van der Waals surface area (Å²) in [5, 5.41) is 0. The molecule has 0 unspecified atom stereocenters. The third kappa shape index (κ3) is 3.81. The highest BCUT2D eigenvalue weighted by atomic mass is 15.1. The van der Waals surface area contributed by atoms with Crippen molar-refractivity contribution in [2.45, 2.75) is 58.5 Å². The molecule has 0 N–H and O–H groups in total. The van der Waals surface area contributed by atoms with Crippen LogP contribution in [0.2, 0.25) is 0 Å². The van der Waals surface area contributed by atoms with Crippen molar-refractivity contribution in [3.63, 3.8) is 0 Å². The van der Waals surface area contributed by atoms with E-state index in [9.17, 15) is 0 Å². The molecule has 1 aromatic heterocycles. The Kier molecular flexibility index (Phi) is 4.82. The summed E-state index contributed by atoms with van der Waals surface area (Å²) in [6.07, 6.45) is 5.60. The van der Waals surface area contributed by atoms with Gasteiger partial charge in [-0.1, -0.05) is 63.6 Å². The van der Waals surface area contributed by atoms with Gasteiger partial charge >= 0.3 is 0 Å². The standard InChI is InChI=1S/C21H28N2/c1-4-11-21(2,3)19-13-18-16-23(12-10-20(18)22-14-19)15-17-8-6-5-7-9-17/h5-9,13-14H,4,10-12,15-16H2,1-3H3. The van der Waals surface area contributed by atoms with Crippen molar-refractivity contribution in [3.8, 4) is 0 Å². The van der Waals surface area contributed by atoms with Crippen LogP contribution in [0.5, 0.6) is 0 Å². The van der Waals surface area contributed by atoms with Crippen LogP contribution < -0.4 is 0 Å². The fourth-order valence-corrected chi connectivity index (χ4v) is 3.60. The first-order chi connectivity index (χ1) is 11.1. The molecule has 3 rings (SSSR count).